The number of benzene rings is 1. The topological polar surface area (TPSA) is 40.5 Å². The minimum atomic E-state index is -0.0806. The molecular weight excluding hydrogens is 250 g/mol. The van der Waals surface area contributed by atoms with Gasteiger partial charge in [0.05, 0.1) is 12.2 Å². The van der Waals surface area contributed by atoms with Crippen molar-refractivity contribution in [1.82, 2.24) is 4.90 Å². The molecule has 1 aliphatic heterocycles. The highest BCUT2D eigenvalue weighted by atomic mass is 16.2. The van der Waals surface area contributed by atoms with E-state index in [1.54, 1.807) is 0 Å². The van der Waals surface area contributed by atoms with Crippen LogP contribution in [0.2, 0.25) is 0 Å². The number of carbonyl (C=O) groups is 1. The Labute approximate surface area is 120 Å². The monoisotopic (exact) mass is 271 g/mol. The maximum absolute atomic E-state index is 12.7. The van der Waals surface area contributed by atoms with E-state index in [-0.39, 0.29) is 18.1 Å². The van der Waals surface area contributed by atoms with Crippen LogP contribution in [0.3, 0.4) is 0 Å². The Bertz CT molecular complexity index is 552. The van der Waals surface area contributed by atoms with E-state index in [2.05, 4.69) is 25.7 Å². The molecule has 0 spiro atoms. The zero-order valence-electron chi connectivity index (χ0n) is 12.1. The third-order valence-corrected chi connectivity index (χ3v) is 3.76. The highest BCUT2D eigenvalue weighted by Crippen LogP contribution is 2.30. The molecule has 0 aromatic heterocycles. The lowest BCUT2D eigenvalue weighted by Crippen LogP contribution is -2.42. The summed E-state index contributed by atoms with van der Waals surface area (Å²) >= 11 is 0. The molecule has 1 heterocycles. The lowest BCUT2D eigenvalue weighted by molar-refractivity contribution is 0.0651. The third kappa shape index (κ3) is 3.02. The zero-order chi connectivity index (χ0) is 14.6. The van der Waals surface area contributed by atoms with Gasteiger partial charge in [0.25, 0.3) is 5.91 Å². The van der Waals surface area contributed by atoms with E-state index >= 15 is 0 Å². The zero-order valence-corrected chi connectivity index (χ0v) is 12.1. The molecule has 0 radical (unpaired) electrons. The average Bonchev–Trinajstić information content (AvgIpc) is 2.78. The van der Waals surface area contributed by atoms with Crippen LogP contribution in [0, 0.1) is 11.8 Å². The van der Waals surface area contributed by atoms with E-state index in [0.29, 0.717) is 12.0 Å². The van der Waals surface area contributed by atoms with E-state index in [1.165, 1.54) is 0 Å². The molecule has 0 aliphatic carbocycles. The SMILES string of the molecule is CC1(C)CCCN1C(=O)c1ccccc1C#CCCO. The Morgan fingerprint density at radius 1 is 1.40 bits per heavy atom. The Balaban J connectivity index is 2.29. The summed E-state index contributed by atoms with van der Waals surface area (Å²) in [7, 11) is 0. The lowest BCUT2D eigenvalue weighted by atomic mass is 10.00. The van der Waals surface area contributed by atoms with Crippen molar-refractivity contribution in [1.29, 1.82) is 0 Å². The largest absolute Gasteiger partial charge is 0.395 e. The summed E-state index contributed by atoms with van der Waals surface area (Å²) in [5.41, 5.74) is 1.32. The summed E-state index contributed by atoms with van der Waals surface area (Å²) in [5, 5.41) is 8.79. The number of hydrogen-bond donors (Lipinski definition) is 1. The predicted octanol–water partition coefficient (Wildman–Crippen LogP) is 2.44. The smallest absolute Gasteiger partial charge is 0.255 e. The van der Waals surface area contributed by atoms with Crippen LogP contribution in [-0.2, 0) is 0 Å². The Morgan fingerprint density at radius 2 is 2.15 bits per heavy atom. The van der Waals surface area contributed by atoms with Crippen LogP contribution in [-0.4, -0.2) is 34.6 Å². The van der Waals surface area contributed by atoms with Crippen LogP contribution in [0.4, 0.5) is 0 Å². The molecule has 0 bridgehead atoms. The fourth-order valence-electron chi connectivity index (χ4n) is 2.62. The molecule has 0 unspecified atom stereocenters. The van der Waals surface area contributed by atoms with Crippen molar-refractivity contribution in [3.05, 3.63) is 35.4 Å². The first-order valence-corrected chi connectivity index (χ1v) is 7.07. The predicted molar refractivity (Wildman–Crippen MR) is 79.4 cm³/mol. The summed E-state index contributed by atoms with van der Waals surface area (Å²) < 4.78 is 0. The third-order valence-electron chi connectivity index (χ3n) is 3.76. The molecule has 1 amide bonds. The van der Waals surface area contributed by atoms with Gasteiger partial charge < -0.3 is 10.0 Å². The van der Waals surface area contributed by atoms with Crippen LogP contribution >= 0.6 is 0 Å². The van der Waals surface area contributed by atoms with Crippen molar-refractivity contribution in [3.8, 4) is 11.8 Å². The molecule has 106 valence electrons. The summed E-state index contributed by atoms with van der Waals surface area (Å²) in [5.74, 6) is 5.93. The van der Waals surface area contributed by atoms with Gasteiger partial charge in [0.15, 0.2) is 0 Å². The first-order chi connectivity index (χ1) is 9.56. The molecule has 3 heteroatoms. The van der Waals surface area contributed by atoms with Gasteiger partial charge in [-0.2, -0.15) is 0 Å². The number of hydrogen-bond acceptors (Lipinski definition) is 2. The van der Waals surface area contributed by atoms with Gasteiger partial charge in [0.2, 0.25) is 0 Å². The van der Waals surface area contributed by atoms with Gasteiger partial charge in [-0.05, 0) is 38.8 Å². The van der Waals surface area contributed by atoms with Crippen LogP contribution in [0.5, 0.6) is 0 Å². The molecule has 1 aromatic carbocycles. The average molecular weight is 271 g/mol. The van der Waals surface area contributed by atoms with Crippen LogP contribution in [0.1, 0.15) is 49.0 Å². The molecule has 1 aliphatic rings. The Morgan fingerprint density at radius 3 is 2.80 bits per heavy atom. The number of aliphatic hydroxyl groups is 1. The quantitative estimate of drug-likeness (QED) is 0.839. The van der Waals surface area contributed by atoms with E-state index in [0.717, 1.165) is 24.9 Å². The maximum atomic E-state index is 12.7. The fourth-order valence-corrected chi connectivity index (χ4v) is 2.62. The summed E-state index contributed by atoms with van der Waals surface area (Å²) in [6.07, 6.45) is 2.52. The Kier molecular flexibility index (Phi) is 4.46. The Hall–Kier alpha value is -1.79. The maximum Gasteiger partial charge on any atom is 0.255 e. The second kappa shape index (κ2) is 6.11. The molecular formula is C17H21NO2. The van der Waals surface area contributed by atoms with E-state index < -0.39 is 0 Å². The molecule has 20 heavy (non-hydrogen) atoms. The number of nitrogens with zero attached hydrogens (tertiary/aromatic N) is 1. The molecule has 0 saturated carbocycles. The molecule has 2 rings (SSSR count). The van der Waals surface area contributed by atoms with Gasteiger partial charge in [-0.3, -0.25) is 4.79 Å². The molecule has 1 saturated heterocycles. The lowest BCUT2D eigenvalue weighted by Gasteiger charge is -2.32. The van der Waals surface area contributed by atoms with Gasteiger partial charge >= 0.3 is 0 Å². The highest BCUT2D eigenvalue weighted by Gasteiger charge is 2.36. The van der Waals surface area contributed by atoms with Crippen molar-refractivity contribution in [2.75, 3.05) is 13.2 Å². The van der Waals surface area contributed by atoms with E-state index in [4.69, 9.17) is 5.11 Å². The van der Waals surface area contributed by atoms with Crippen LogP contribution < -0.4 is 0 Å². The van der Waals surface area contributed by atoms with Crippen molar-refractivity contribution < 1.29 is 9.90 Å². The molecule has 3 nitrogen and oxygen atoms in total. The normalized spacial score (nSPS) is 16.6. The highest BCUT2D eigenvalue weighted by molar-refractivity contribution is 5.97. The summed E-state index contributed by atoms with van der Waals surface area (Å²) in [6.45, 7) is 5.07. The van der Waals surface area contributed by atoms with E-state index in [1.807, 2.05) is 29.2 Å². The number of carbonyl (C=O) groups excluding carboxylic acids is 1. The minimum Gasteiger partial charge on any atom is -0.395 e. The molecule has 1 aromatic rings. The number of amides is 1. The van der Waals surface area contributed by atoms with Gasteiger partial charge in [-0.1, -0.05) is 24.0 Å². The van der Waals surface area contributed by atoms with Crippen molar-refractivity contribution in [2.24, 2.45) is 0 Å². The first kappa shape index (κ1) is 14.6. The van der Waals surface area contributed by atoms with Crippen LogP contribution in [0.15, 0.2) is 24.3 Å². The minimum absolute atomic E-state index is 0.0439. The number of rotatable bonds is 2. The van der Waals surface area contributed by atoms with Crippen molar-refractivity contribution >= 4 is 5.91 Å². The first-order valence-electron chi connectivity index (χ1n) is 7.07. The van der Waals surface area contributed by atoms with Crippen LogP contribution in [0.25, 0.3) is 0 Å². The molecule has 1 fully saturated rings. The van der Waals surface area contributed by atoms with Crippen molar-refractivity contribution in [2.45, 2.75) is 38.6 Å². The van der Waals surface area contributed by atoms with Crippen molar-refractivity contribution in [3.63, 3.8) is 0 Å². The van der Waals surface area contributed by atoms with Gasteiger partial charge in [0, 0.05) is 24.1 Å². The molecule has 0 atom stereocenters. The number of likely N-dealkylation sites (tertiary alicyclic amines) is 1. The van der Waals surface area contributed by atoms with Gasteiger partial charge in [-0.25, -0.2) is 0 Å². The summed E-state index contributed by atoms with van der Waals surface area (Å²) in [4.78, 5) is 14.7. The summed E-state index contributed by atoms with van der Waals surface area (Å²) in [6, 6.07) is 7.45. The second-order valence-electron chi connectivity index (χ2n) is 5.69. The molecule has 1 N–H and O–H groups in total. The standard InChI is InChI=1S/C17H21NO2/c1-17(2)11-7-12-18(17)16(20)15-10-4-3-8-14(15)9-5-6-13-19/h3-4,8,10,19H,6-7,11-13H2,1-2H3. The fraction of sp³-hybridized carbons (Fsp3) is 0.471. The van der Waals surface area contributed by atoms with Gasteiger partial charge in [-0.15, -0.1) is 0 Å². The van der Waals surface area contributed by atoms with E-state index in [9.17, 15) is 4.79 Å². The van der Waals surface area contributed by atoms with Gasteiger partial charge in [0.1, 0.15) is 0 Å². The second-order valence-corrected chi connectivity index (χ2v) is 5.69. The number of aliphatic hydroxyl groups excluding tert-OH is 1.